The molecule has 0 aliphatic heterocycles. The molecule has 1 aromatic carbocycles. The Hall–Kier alpha value is -1.84. The van der Waals surface area contributed by atoms with Gasteiger partial charge in [0.2, 0.25) is 0 Å². The highest BCUT2D eigenvalue weighted by atomic mass is 16.5. The van der Waals surface area contributed by atoms with Crippen LogP contribution < -0.4 is 4.74 Å². The van der Waals surface area contributed by atoms with Gasteiger partial charge in [0, 0.05) is 12.0 Å². The topological polar surface area (TPSA) is 63.6 Å². The van der Waals surface area contributed by atoms with Crippen molar-refractivity contribution in [1.29, 1.82) is 0 Å². The standard InChI is InChI=1S/C12H14O4/c1-8-5-9(7-10(6-8)16-2)11(13)3-4-12(14)15/h5-7H,3-4H2,1-2H3,(H,14,15). The molecule has 0 atom stereocenters. The van der Waals surface area contributed by atoms with Crippen molar-refractivity contribution in [2.75, 3.05) is 7.11 Å². The van der Waals surface area contributed by atoms with Crippen molar-refractivity contribution in [3.05, 3.63) is 29.3 Å². The minimum absolute atomic E-state index is 0.0158. The zero-order chi connectivity index (χ0) is 12.1. The van der Waals surface area contributed by atoms with Crippen LogP contribution in [0.15, 0.2) is 18.2 Å². The van der Waals surface area contributed by atoms with E-state index in [9.17, 15) is 9.59 Å². The summed E-state index contributed by atoms with van der Waals surface area (Å²) in [6, 6.07) is 5.16. The monoisotopic (exact) mass is 222 g/mol. The van der Waals surface area contributed by atoms with E-state index in [1.165, 1.54) is 7.11 Å². The Kier molecular flexibility index (Phi) is 4.05. The molecule has 0 saturated carbocycles. The van der Waals surface area contributed by atoms with Gasteiger partial charge < -0.3 is 9.84 Å². The lowest BCUT2D eigenvalue weighted by Gasteiger charge is -2.05. The molecule has 0 saturated heterocycles. The van der Waals surface area contributed by atoms with Crippen molar-refractivity contribution >= 4 is 11.8 Å². The van der Waals surface area contributed by atoms with Crippen molar-refractivity contribution in [2.24, 2.45) is 0 Å². The average molecular weight is 222 g/mol. The van der Waals surface area contributed by atoms with Crippen LogP contribution in [0.5, 0.6) is 5.75 Å². The van der Waals surface area contributed by atoms with E-state index in [1.807, 2.05) is 13.0 Å². The Labute approximate surface area is 93.9 Å². The lowest BCUT2D eigenvalue weighted by Crippen LogP contribution is -2.04. The number of hydrogen-bond acceptors (Lipinski definition) is 3. The minimum Gasteiger partial charge on any atom is -0.497 e. The fourth-order valence-electron chi connectivity index (χ4n) is 1.39. The Morgan fingerprint density at radius 2 is 1.94 bits per heavy atom. The number of carbonyl (C=O) groups is 2. The first-order valence-electron chi connectivity index (χ1n) is 4.93. The molecule has 0 aliphatic carbocycles. The van der Waals surface area contributed by atoms with E-state index < -0.39 is 5.97 Å². The summed E-state index contributed by atoms with van der Waals surface area (Å²) < 4.78 is 5.04. The molecule has 0 unspecified atom stereocenters. The first-order chi connectivity index (χ1) is 7.52. The van der Waals surface area contributed by atoms with E-state index in [4.69, 9.17) is 9.84 Å². The van der Waals surface area contributed by atoms with E-state index in [-0.39, 0.29) is 18.6 Å². The summed E-state index contributed by atoms with van der Waals surface area (Å²) in [6.45, 7) is 1.86. The second-order valence-electron chi connectivity index (χ2n) is 3.56. The predicted molar refractivity (Wildman–Crippen MR) is 58.9 cm³/mol. The number of ketones is 1. The third-order valence-electron chi connectivity index (χ3n) is 2.17. The highest BCUT2D eigenvalue weighted by Crippen LogP contribution is 2.18. The van der Waals surface area contributed by atoms with Crippen LogP contribution in [0.3, 0.4) is 0 Å². The van der Waals surface area contributed by atoms with Gasteiger partial charge in [-0.25, -0.2) is 0 Å². The molecule has 0 aromatic heterocycles. The van der Waals surface area contributed by atoms with Crippen LogP contribution in [0.2, 0.25) is 0 Å². The van der Waals surface area contributed by atoms with Crippen molar-refractivity contribution in [3.8, 4) is 5.75 Å². The third-order valence-corrected chi connectivity index (χ3v) is 2.17. The number of carbonyl (C=O) groups excluding carboxylic acids is 1. The molecular formula is C12H14O4. The highest BCUT2D eigenvalue weighted by molar-refractivity contribution is 5.97. The van der Waals surface area contributed by atoms with E-state index in [1.54, 1.807) is 12.1 Å². The number of ether oxygens (including phenoxy) is 1. The normalized spacial score (nSPS) is 9.88. The molecule has 0 bridgehead atoms. The molecule has 0 heterocycles. The SMILES string of the molecule is COc1cc(C)cc(C(=O)CCC(=O)O)c1. The van der Waals surface area contributed by atoms with Gasteiger partial charge in [0.15, 0.2) is 5.78 Å². The molecule has 0 amide bonds. The van der Waals surface area contributed by atoms with Crippen LogP contribution in [0, 0.1) is 6.92 Å². The fraction of sp³-hybridized carbons (Fsp3) is 0.333. The van der Waals surface area contributed by atoms with Gasteiger partial charge in [0.1, 0.15) is 5.75 Å². The molecule has 0 aliphatic rings. The smallest absolute Gasteiger partial charge is 0.303 e. The molecule has 16 heavy (non-hydrogen) atoms. The number of methoxy groups -OCH3 is 1. The number of aliphatic carboxylic acids is 1. The first-order valence-corrected chi connectivity index (χ1v) is 4.93. The number of hydrogen-bond donors (Lipinski definition) is 1. The van der Waals surface area contributed by atoms with Crippen LogP contribution in [0.4, 0.5) is 0 Å². The molecule has 0 radical (unpaired) electrons. The van der Waals surface area contributed by atoms with E-state index >= 15 is 0 Å². The number of carboxylic acid groups (broad SMARTS) is 1. The summed E-state index contributed by atoms with van der Waals surface area (Å²) in [5.41, 5.74) is 1.41. The minimum atomic E-state index is -0.965. The quantitative estimate of drug-likeness (QED) is 0.774. The maximum Gasteiger partial charge on any atom is 0.303 e. The van der Waals surface area contributed by atoms with Gasteiger partial charge in [0.05, 0.1) is 13.5 Å². The van der Waals surface area contributed by atoms with Gasteiger partial charge in [0.25, 0.3) is 0 Å². The van der Waals surface area contributed by atoms with Crippen LogP contribution >= 0.6 is 0 Å². The maximum absolute atomic E-state index is 11.7. The molecule has 4 heteroatoms. The van der Waals surface area contributed by atoms with Gasteiger partial charge in [-0.3, -0.25) is 9.59 Å². The van der Waals surface area contributed by atoms with Gasteiger partial charge in [-0.2, -0.15) is 0 Å². The summed E-state index contributed by atoms with van der Waals surface area (Å²) in [6.07, 6.45) is -0.128. The highest BCUT2D eigenvalue weighted by Gasteiger charge is 2.10. The Bertz CT molecular complexity index is 409. The molecule has 1 aromatic rings. The van der Waals surface area contributed by atoms with Gasteiger partial charge in [-0.15, -0.1) is 0 Å². The molecule has 1 rings (SSSR count). The second-order valence-corrected chi connectivity index (χ2v) is 3.56. The van der Waals surface area contributed by atoms with Crippen molar-refractivity contribution in [1.82, 2.24) is 0 Å². The summed E-state index contributed by atoms with van der Waals surface area (Å²) in [7, 11) is 1.53. The van der Waals surface area contributed by atoms with Crippen LogP contribution in [-0.4, -0.2) is 24.0 Å². The zero-order valence-corrected chi connectivity index (χ0v) is 9.32. The zero-order valence-electron chi connectivity index (χ0n) is 9.32. The van der Waals surface area contributed by atoms with Crippen LogP contribution in [0.1, 0.15) is 28.8 Å². The van der Waals surface area contributed by atoms with Gasteiger partial charge >= 0.3 is 5.97 Å². The summed E-state index contributed by atoms with van der Waals surface area (Å²) in [5, 5.41) is 8.49. The largest absolute Gasteiger partial charge is 0.497 e. The fourth-order valence-corrected chi connectivity index (χ4v) is 1.39. The Balaban J connectivity index is 2.82. The van der Waals surface area contributed by atoms with Gasteiger partial charge in [-0.05, 0) is 30.7 Å². The summed E-state index contributed by atoms with van der Waals surface area (Å²) in [5.74, 6) is -0.531. The molecule has 4 nitrogen and oxygen atoms in total. The lowest BCUT2D eigenvalue weighted by molar-refractivity contribution is -0.136. The number of aryl methyl sites for hydroxylation is 1. The van der Waals surface area contributed by atoms with E-state index in [0.717, 1.165) is 5.56 Å². The number of benzene rings is 1. The van der Waals surface area contributed by atoms with Crippen molar-refractivity contribution in [2.45, 2.75) is 19.8 Å². The van der Waals surface area contributed by atoms with Crippen LogP contribution in [0.25, 0.3) is 0 Å². The molecule has 86 valence electrons. The van der Waals surface area contributed by atoms with Crippen molar-refractivity contribution < 1.29 is 19.4 Å². The summed E-state index contributed by atoms with van der Waals surface area (Å²) in [4.78, 5) is 22.0. The maximum atomic E-state index is 11.7. The third kappa shape index (κ3) is 3.38. The second kappa shape index (κ2) is 5.30. The van der Waals surface area contributed by atoms with Gasteiger partial charge in [-0.1, -0.05) is 0 Å². The molecular weight excluding hydrogens is 208 g/mol. The van der Waals surface area contributed by atoms with Crippen molar-refractivity contribution in [3.63, 3.8) is 0 Å². The average Bonchev–Trinajstić information content (AvgIpc) is 2.24. The number of carboxylic acids is 1. The Morgan fingerprint density at radius 1 is 1.25 bits per heavy atom. The first kappa shape index (κ1) is 12.2. The number of Topliss-reactive ketones (excluding diaryl/α,β-unsaturated/α-hetero) is 1. The molecule has 0 fully saturated rings. The molecule has 1 N–H and O–H groups in total. The predicted octanol–water partition coefficient (Wildman–Crippen LogP) is 2.05. The molecule has 0 spiro atoms. The number of rotatable bonds is 5. The van der Waals surface area contributed by atoms with E-state index in [2.05, 4.69) is 0 Å². The van der Waals surface area contributed by atoms with Crippen LogP contribution in [-0.2, 0) is 4.79 Å². The van der Waals surface area contributed by atoms with E-state index in [0.29, 0.717) is 11.3 Å². The lowest BCUT2D eigenvalue weighted by atomic mass is 10.0. The summed E-state index contributed by atoms with van der Waals surface area (Å²) >= 11 is 0. The Morgan fingerprint density at radius 3 is 2.50 bits per heavy atom.